The van der Waals surface area contributed by atoms with E-state index in [1.54, 1.807) is 35.4 Å². The SMILES string of the molecule is COCN1CN(c2cccc([N+](=O)[O-])c2)c2ncccc2C1=O.Cl. The molecule has 0 saturated heterocycles. The molecule has 0 unspecified atom stereocenters. The summed E-state index contributed by atoms with van der Waals surface area (Å²) in [7, 11) is 1.50. The molecule has 0 radical (unpaired) electrons. The summed E-state index contributed by atoms with van der Waals surface area (Å²) in [5.41, 5.74) is 1.00. The highest BCUT2D eigenvalue weighted by Crippen LogP contribution is 2.33. The number of fused-ring (bicyclic) bond motifs is 1. The van der Waals surface area contributed by atoms with E-state index in [1.807, 2.05) is 0 Å². The van der Waals surface area contributed by atoms with Gasteiger partial charge >= 0.3 is 0 Å². The van der Waals surface area contributed by atoms with Crippen molar-refractivity contribution in [1.82, 2.24) is 9.88 Å². The van der Waals surface area contributed by atoms with Crippen LogP contribution < -0.4 is 4.90 Å². The molecule has 0 saturated carbocycles. The van der Waals surface area contributed by atoms with Gasteiger partial charge in [-0.25, -0.2) is 4.98 Å². The second-order valence-corrected chi connectivity index (χ2v) is 4.98. The standard InChI is InChI=1S/C15H14N4O4.ClH/c1-23-10-17-9-18(11-4-2-5-12(8-11)19(21)22)14-13(15(17)20)6-3-7-16-14;/h2-8H,9-10H2,1H3;1H. The van der Waals surface area contributed by atoms with E-state index in [-0.39, 0.29) is 37.4 Å². The van der Waals surface area contributed by atoms with Gasteiger partial charge in [-0.05, 0) is 18.2 Å². The Balaban J connectivity index is 0.00000208. The summed E-state index contributed by atoms with van der Waals surface area (Å²) in [4.78, 5) is 30.5. The van der Waals surface area contributed by atoms with Crippen LogP contribution in [0.4, 0.5) is 17.2 Å². The largest absolute Gasteiger partial charge is 0.364 e. The Labute approximate surface area is 144 Å². The number of benzene rings is 1. The Hall–Kier alpha value is -2.71. The first-order chi connectivity index (χ1) is 11.1. The van der Waals surface area contributed by atoms with Crippen molar-refractivity contribution in [2.24, 2.45) is 0 Å². The number of amides is 1. The van der Waals surface area contributed by atoms with Crippen LogP contribution in [0.2, 0.25) is 0 Å². The quantitative estimate of drug-likeness (QED) is 0.622. The maximum Gasteiger partial charge on any atom is 0.271 e. The lowest BCUT2D eigenvalue weighted by Crippen LogP contribution is -2.45. The number of carbonyl (C=O) groups is 1. The number of aromatic nitrogens is 1. The second-order valence-electron chi connectivity index (χ2n) is 4.98. The summed E-state index contributed by atoms with van der Waals surface area (Å²) in [6.45, 7) is 0.330. The van der Waals surface area contributed by atoms with Gasteiger partial charge in [0.2, 0.25) is 0 Å². The van der Waals surface area contributed by atoms with Crippen LogP contribution in [-0.4, -0.2) is 41.2 Å². The van der Waals surface area contributed by atoms with Gasteiger partial charge in [-0.15, -0.1) is 12.4 Å². The van der Waals surface area contributed by atoms with Gasteiger partial charge in [0.25, 0.3) is 11.6 Å². The summed E-state index contributed by atoms with van der Waals surface area (Å²) in [5.74, 6) is 0.294. The molecule has 1 aliphatic rings. The number of nitrogens with zero attached hydrogens (tertiary/aromatic N) is 4. The molecule has 0 bridgehead atoms. The molecular formula is C15H15ClN4O4. The highest BCUT2D eigenvalue weighted by Gasteiger charge is 2.31. The van der Waals surface area contributed by atoms with E-state index in [2.05, 4.69) is 4.98 Å². The third kappa shape index (κ3) is 3.15. The Morgan fingerprint density at radius 3 is 2.83 bits per heavy atom. The van der Waals surface area contributed by atoms with Gasteiger partial charge in [0.05, 0.1) is 16.2 Å². The number of hydrogen-bond donors (Lipinski definition) is 0. The molecule has 0 fully saturated rings. The zero-order valence-corrected chi connectivity index (χ0v) is 13.6. The number of carbonyl (C=O) groups excluding carboxylic acids is 1. The van der Waals surface area contributed by atoms with Crippen LogP contribution in [0.3, 0.4) is 0 Å². The summed E-state index contributed by atoms with van der Waals surface area (Å²) in [5, 5.41) is 11.0. The van der Waals surface area contributed by atoms with Crippen LogP contribution in [0.5, 0.6) is 0 Å². The highest BCUT2D eigenvalue weighted by molar-refractivity contribution is 6.01. The van der Waals surface area contributed by atoms with E-state index < -0.39 is 4.92 Å². The first kappa shape index (κ1) is 17.6. The van der Waals surface area contributed by atoms with Crippen molar-refractivity contribution in [1.29, 1.82) is 0 Å². The summed E-state index contributed by atoms with van der Waals surface area (Å²) >= 11 is 0. The van der Waals surface area contributed by atoms with E-state index in [4.69, 9.17) is 4.74 Å². The number of ether oxygens (including phenoxy) is 1. The smallest absolute Gasteiger partial charge is 0.271 e. The van der Waals surface area contributed by atoms with Crippen molar-refractivity contribution in [3.8, 4) is 0 Å². The third-order valence-corrected chi connectivity index (χ3v) is 3.51. The lowest BCUT2D eigenvalue weighted by atomic mass is 10.1. The van der Waals surface area contributed by atoms with Crippen molar-refractivity contribution in [3.05, 3.63) is 58.3 Å². The lowest BCUT2D eigenvalue weighted by molar-refractivity contribution is -0.384. The number of halogens is 1. The van der Waals surface area contributed by atoms with Gasteiger partial charge in [-0.3, -0.25) is 19.8 Å². The van der Waals surface area contributed by atoms with Gasteiger partial charge in [0.15, 0.2) is 0 Å². The van der Waals surface area contributed by atoms with Crippen molar-refractivity contribution in [3.63, 3.8) is 0 Å². The van der Waals surface area contributed by atoms with Gasteiger partial charge < -0.3 is 9.64 Å². The fraction of sp³-hybridized carbons (Fsp3) is 0.200. The summed E-state index contributed by atoms with van der Waals surface area (Å²) in [6, 6.07) is 9.58. The predicted molar refractivity (Wildman–Crippen MR) is 89.6 cm³/mol. The lowest BCUT2D eigenvalue weighted by Gasteiger charge is -2.36. The van der Waals surface area contributed by atoms with E-state index in [9.17, 15) is 14.9 Å². The van der Waals surface area contributed by atoms with Crippen LogP contribution in [0, 0.1) is 10.1 Å². The molecule has 2 heterocycles. The number of pyridine rings is 1. The normalized spacial score (nSPS) is 13.3. The van der Waals surface area contributed by atoms with E-state index in [0.29, 0.717) is 17.1 Å². The first-order valence-corrected chi connectivity index (χ1v) is 6.87. The zero-order valence-electron chi connectivity index (χ0n) is 12.8. The van der Waals surface area contributed by atoms with Crippen molar-refractivity contribution < 1.29 is 14.5 Å². The number of rotatable bonds is 4. The number of nitro groups is 1. The van der Waals surface area contributed by atoms with E-state index in [0.717, 1.165) is 0 Å². The molecular weight excluding hydrogens is 336 g/mol. The fourth-order valence-corrected chi connectivity index (χ4v) is 2.48. The fourth-order valence-electron chi connectivity index (χ4n) is 2.48. The van der Waals surface area contributed by atoms with E-state index >= 15 is 0 Å². The van der Waals surface area contributed by atoms with Crippen LogP contribution in [0.1, 0.15) is 10.4 Å². The molecule has 126 valence electrons. The van der Waals surface area contributed by atoms with Crippen LogP contribution in [0.25, 0.3) is 0 Å². The second kappa shape index (κ2) is 7.24. The van der Waals surface area contributed by atoms with Gasteiger partial charge in [-0.2, -0.15) is 0 Å². The zero-order chi connectivity index (χ0) is 16.4. The number of non-ortho nitro benzene ring substituents is 1. The van der Waals surface area contributed by atoms with Gasteiger partial charge in [-0.1, -0.05) is 6.07 Å². The molecule has 1 aromatic heterocycles. The van der Waals surface area contributed by atoms with Crippen molar-refractivity contribution >= 4 is 35.5 Å². The maximum atomic E-state index is 12.4. The summed E-state index contributed by atoms with van der Waals surface area (Å²) in [6.07, 6.45) is 1.59. The number of nitro benzene ring substituents is 1. The maximum absolute atomic E-state index is 12.4. The third-order valence-electron chi connectivity index (χ3n) is 3.51. The number of hydrogen-bond acceptors (Lipinski definition) is 6. The molecule has 24 heavy (non-hydrogen) atoms. The minimum Gasteiger partial charge on any atom is -0.364 e. The molecule has 2 aromatic rings. The van der Waals surface area contributed by atoms with Crippen LogP contribution in [-0.2, 0) is 4.74 Å². The Morgan fingerprint density at radius 1 is 1.33 bits per heavy atom. The molecule has 0 atom stereocenters. The summed E-state index contributed by atoms with van der Waals surface area (Å²) < 4.78 is 5.06. The average Bonchev–Trinajstić information content (AvgIpc) is 2.58. The first-order valence-electron chi connectivity index (χ1n) is 6.87. The Kier molecular flexibility index (Phi) is 5.32. The van der Waals surface area contributed by atoms with Crippen molar-refractivity contribution in [2.75, 3.05) is 25.4 Å². The minimum atomic E-state index is -0.454. The monoisotopic (exact) mass is 350 g/mol. The highest BCUT2D eigenvalue weighted by atomic mass is 35.5. The molecule has 8 nitrogen and oxygen atoms in total. The van der Waals surface area contributed by atoms with Gasteiger partial charge in [0.1, 0.15) is 19.2 Å². The Bertz CT molecular complexity index is 771. The molecule has 1 aliphatic heterocycles. The minimum absolute atomic E-state index is 0. The van der Waals surface area contributed by atoms with Crippen molar-refractivity contribution in [2.45, 2.75) is 0 Å². The number of methoxy groups -OCH3 is 1. The molecule has 1 aromatic carbocycles. The molecule has 0 N–H and O–H groups in total. The van der Waals surface area contributed by atoms with Gasteiger partial charge in [0, 0.05) is 25.4 Å². The molecule has 1 amide bonds. The molecule has 3 rings (SSSR count). The molecule has 9 heteroatoms. The van der Waals surface area contributed by atoms with E-state index in [1.165, 1.54) is 24.1 Å². The van der Waals surface area contributed by atoms with Crippen LogP contribution in [0.15, 0.2) is 42.6 Å². The predicted octanol–water partition coefficient (Wildman–Crippen LogP) is 2.57. The van der Waals surface area contributed by atoms with Crippen LogP contribution >= 0.6 is 12.4 Å². The average molecular weight is 351 g/mol. The Morgan fingerprint density at radius 2 is 2.12 bits per heavy atom. The molecule has 0 aliphatic carbocycles. The topological polar surface area (TPSA) is 88.8 Å². The molecule has 0 spiro atoms. The number of anilines is 2.